The van der Waals surface area contributed by atoms with E-state index < -0.39 is 11.4 Å². The predicted molar refractivity (Wildman–Crippen MR) is 119 cm³/mol. The van der Waals surface area contributed by atoms with Crippen LogP contribution in [0.15, 0.2) is 69.9 Å². The number of carbonyl (C=O) groups is 1. The van der Waals surface area contributed by atoms with Crippen LogP contribution in [0.5, 0.6) is 5.75 Å². The van der Waals surface area contributed by atoms with E-state index in [-0.39, 0.29) is 27.5 Å². The first kappa shape index (κ1) is 20.8. The molecule has 4 nitrogen and oxygen atoms in total. The van der Waals surface area contributed by atoms with Crippen molar-refractivity contribution in [3.8, 4) is 17.1 Å². The molecule has 1 heterocycles. The van der Waals surface area contributed by atoms with Gasteiger partial charge in [0.25, 0.3) is 0 Å². The van der Waals surface area contributed by atoms with Gasteiger partial charge in [-0.15, -0.1) is 0 Å². The van der Waals surface area contributed by atoms with Gasteiger partial charge in [0.15, 0.2) is 5.76 Å². The zero-order valence-corrected chi connectivity index (χ0v) is 17.9. The molecule has 0 bridgehead atoms. The molecule has 0 N–H and O–H groups in total. The van der Waals surface area contributed by atoms with E-state index in [0.29, 0.717) is 26.2 Å². The predicted octanol–water partition coefficient (Wildman–Crippen LogP) is 7.29. The number of carbonyl (C=O) groups excluding carboxylic acids is 1. The average molecular weight is 480 g/mol. The Morgan fingerprint density at radius 2 is 1.43 bits per heavy atom. The topological polar surface area (TPSA) is 56.5 Å². The second-order valence-corrected chi connectivity index (χ2v) is 7.97. The summed E-state index contributed by atoms with van der Waals surface area (Å²) in [5.41, 5.74) is 0.285. The normalized spacial score (nSPS) is 10.9. The molecule has 0 aliphatic rings. The smallest absolute Gasteiger partial charge is 0.345 e. The third kappa shape index (κ3) is 4.05. The molecular formula is C22H10Cl4O4. The molecule has 4 aromatic rings. The lowest BCUT2D eigenvalue weighted by Crippen LogP contribution is -2.16. The molecule has 0 saturated heterocycles. The maximum absolute atomic E-state index is 13.2. The van der Waals surface area contributed by atoms with Gasteiger partial charge in [0.2, 0.25) is 11.2 Å². The molecular weight excluding hydrogens is 470 g/mol. The summed E-state index contributed by atoms with van der Waals surface area (Å²) < 4.78 is 11.4. The van der Waals surface area contributed by atoms with Crippen molar-refractivity contribution in [2.24, 2.45) is 0 Å². The molecule has 0 unspecified atom stereocenters. The maximum Gasteiger partial charge on any atom is 0.345 e. The quantitative estimate of drug-likeness (QED) is 0.289. The van der Waals surface area contributed by atoms with Crippen LogP contribution in [-0.2, 0) is 0 Å². The van der Waals surface area contributed by atoms with Crippen LogP contribution in [0, 0.1) is 0 Å². The Bertz CT molecular complexity index is 1340. The van der Waals surface area contributed by atoms with Crippen molar-refractivity contribution < 1.29 is 13.9 Å². The molecule has 1 aromatic heterocycles. The van der Waals surface area contributed by atoms with Crippen LogP contribution in [-0.4, -0.2) is 5.97 Å². The fraction of sp³-hybridized carbons (Fsp3) is 0. The van der Waals surface area contributed by atoms with Crippen molar-refractivity contribution in [1.29, 1.82) is 0 Å². The van der Waals surface area contributed by atoms with Crippen molar-refractivity contribution in [2.45, 2.75) is 0 Å². The summed E-state index contributed by atoms with van der Waals surface area (Å²) >= 11 is 24.0. The third-order valence-electron chi connectivity index (χ3n) is 4.26. The highest BCUT2D eigenvalue weighted by molar-refractivity contribution is 6.36. The van der Waals surface area contributed by atoms with Gasteiger partial charge in [-0.2, -0.15) is 0 Å². The molecule has 0 aliphatic carbocycles. The van der Waals surface area contributed by atoms with Crippen molar-refractivity contribution >= 4 is 63.3 Å². The van der Waals surface area contributed by atoms with Gasteiger partial charge in [0.05, 0.1) is 16.0 Å². The number of halogens is 4. The van der Waals surface area contributed by atoms with Crippen LogP contribution >= 0.6 is 46.4 Å². The van der Waals surface area contributed by atoms with E-state index in [4.69, 9.17) is 55.6 Å². The lowest BCUT2D eigenvalue weighted by molar-refractivity contribution is 0.0731. The zero-order valence-electron chi connectivity index (χ0n) is 14.9. The molecule has 0 radical (unpaired) electrons. The van der Waals surface area contributed by atoms with Crippen LogP contribution in [0.25, 0.3) is 22.3 Å². The highest BCUT2D eigenvalue weighted by atomic mass is 35.5. The molecule has 0 amide bonds. The van der Waals surface area contributed by atoms with Gasteiger partial charge >= 0.3 is 5.97 Å². The van der Waals surface area contributed by atoms with Gasteiger partial charge < -0.3 is 9.15 Å². The zero-order chi connectivity index (χ0) is 21.4. The highest BCUT2D eigenvalue weighted by Crippen LogP contribution is 2.33. The molecule has 4 rings (SSSR count). The van der Waals surface area contributed by atoms with Crippen LogP contribution in [0.2, 0.25) is 20.1 Å². The number of hydrogen-bond donors (Lipinski definition) is 0. The van der Waals surface area contributed by atoms with E-state index in [2.05, 4.69) is 0 Å². The van der Waals surface area contributed by atoms with Crippen molar-refractivity contribution in [3.05, 3.63) is 96.5 Å². The van der Waals surface area contributed by atoms with Gasteiger partial charge in [-0.05, 0) is 60.7 Å². The lowest BCUT2D eigenvalue weighted by atomic mass is 10.1. The minimum Gasteiger partial charge on any atom is -0.452 e. The first-order valence-electron chi connectivity index (χ1n) is 8.53. The largest absolute Gasteiger partial charge is 0.452 e. The van der Waals surface area contributed by atoms with Crippen LogP contribution in [0.4, 0.5) is 0 Å². The molecule has 0 saturated carbocycles. The standard InChI is InChI=1S/C22H10Cl4O4/c23-12-3-1-11(2-4-12)20-21(19(27)16-9-13(24)6-8-18(16)29-20)30-22(28)15-7-5-14(25)10-17(15)26/h1-10H. The molecule has 8 heteroatoms. The Hall–Kier alpha value is -2.50. The van der Waals surface area contributed by atoms with Gasteiger partial charge in [-0.1, -0.05) is 46.4 Å². The van der Waals surface area contributed by atoms with E-state index >= 15 is 0 Å². The number of rotatable bonds is 3. The summed E-state index contributed by atoms with van der Waals surface area (Å²) in [5.74, 6) is -1.05. The molecule has 3 aromatic carbocycles. The summed E-state index contributed by atoms with van der Waals surface area (Å²) in [6, 6.07) is 15.5. The second kappa shape index (κ2) is 8.32. The third-order valence-corrected chi connectivity index (χ3v) is 5.30. The Balaban J connectivity index is 1.90. The van der Waals surface area contributed by atoms with E-state index in [0.717, 1.165) is 0 Å². The Kier molecular flexibility index (Phi) is 5.76. The second-order valence-electron chi connectivity index (χ2n) is 6.25. The van der Waals surface area contributed by atoms with Crippen molar-refractivity contribution in [1.82, 2.24) is 0 Å². The Morgan fingerprint density at radius 1 is 0.800 bits per heavy atom. The Labute approximate surface area is 190 Å². The number of fused-ring (bicyclic) bond motifs is 1. The lowest BCUT2D eigenvalue weighted by Gasteiger charge is -2.11. The summed E-state index contributed by atoms with van der Waals surface area (Å²) in [7, 11) is 0. The van der Waals surface area contributed by atoms with Crippen molar-refractivity contribution in [2.75, 3.05) is 0 Å². The monoisotopic (exact) mass is 478 g/mol. The maximum atomic E-state index is 13.2. The molecule has 0 fully saturated rings. The molecule has 150 valence electrons. The average Bonchev–Trinajstić information content (AvgIpc) is 2.71. The number of esters is 1. The number of benzene rings is 3. The van der Waals surface area contributed by atoms with E-state index in [1.54, 1.807) is 36.4 Å². The molecule has 0 atom stereocenters. The molecule has 0 aliphatic heterocycles. The molecule has 30 heavy (non-hydrogen) atoms. The summed E-state index contributed by atoms with van der Waals surface area (Å²) in [4.78, 5) is 25.9. The van der Waals surface area contributed by atoms with Crippen molar-refractivity contribution in [3.63, 3.8) is 0 Å². The number of ether oxygens (including phenoxy) is 1. The van der Waals surface area contributed by atoms with E-state index in [9.17, 15) is 9.59 Å². The molecule has 0 spiro atoms. The first-order chi connectivity index (χ1) is 14.3. The van der Waals surface area contributed by atoms with Crippen LogP contribution in [0.3, 0.4) is 0 Å². The van der Waals surface area contributed by atoms with Gasteiger partial charge in [0, 0.05) is 20.6 Å². The summed E-state index contributed by atoms with van der Waals surface area (Å²) in [5, 5.41) is 1.46. The van der Waals surface area contributed by atoms with E-state index in [1.807, 2.05) is 0 Å². The van der Waals surface area contributed by atoms with Gasteiger partial charge in [-0.25, -0.2) is 4.79 Å². The highest BCUT2D eigenvalue weighted by Gasteiger charge is 2.22. The minimum absolute atomic E-state index is 0.0497. The van der Waals surface area contributed by atoms with Crippen LogP contribution in [0.1, 0.15) is 10.4 Å². The SMILES string of the molecule is O=C(Oc1c(-c2ccc(Cl)cc2)oc2ccc(Cl)cc2c1=O)c1ccc(Cl)cc1Cl. The first-order valence-corrected chi connectivity index (χ1v) is 10.0. The number of hydrogen-bond acceptors (Lipinski definition) is 4. The van der Waals surface area contributed by atoms with E-state index in [1.165, 1.54) is 24.3 Å². The fourth-order valence-electron chi connectivity index (χ4n) is 2.84. The van der Waals surface area contributed by atoms with Gasteiger partial charge in [0.1, 0.15) is 5.58 Å². The minimum atomic E-state index is -0.833. The van der Waals surface area contributed by atoms with Crippen LogP contribution < -0.4 is 10.2 Å². The summed E-state index contributed by atoms with van der Waals surface area (Å²) in [6.07, 6.45) is 0. The van der Waals surface area contributed by atoms with Gasteiger partial charge in [-0.3, -0.25) is 4.79 Å². The summed E-state index contributed by atoms with van der Waals surface area (Å²) in [6.45, 7) is 0. The fourth-order valence-corrected chi connectivity index (χ4v) is 3.62. The Morgan fingerprint density at radius 3 is 2.13 bits per heavy atom.